The smallest absolute Gasteiger partial charge is 0.266 e. The normalized spacial score (nSPS) is 15.7. The first-order valence-corrected chi connectivity index (χ1v) is 11.9. The molecule has 1 heterocycles. The monoisotopic (exact) mass is 475 g/mol. The highest BCUT2D eigenvalue weighted by molar-refractivity contribution is 8.26. The lowest BCUT2D eigenvalue weighted by Crippen LogP contribution is -2.30. The fourth-order valence-electron chi connectivity index (χ4n) is 3.58. The summed E-state index contributed by atoms with van der Waals surface area (Å²) in [5, 5.41) is 0. The highest BCUT2D eigenvalue weighted by atomic mass is 32.2. The van der Waals surface area contributed by atoms with Crippen molar-refractivity contribution < 1.29 is 14.3 Å². The van der Waals surface area contributed by atoms with E-state index in [2.05, 4.69) is 31.2 Å². The number of ether oxygens (including phenoxy) is 2. The first-order chi connectivity index (χ1) is 16.0. The van der Waals surface area contributed by atoms with Crippen molar-refractivity contribution in [1.82, 2.24) is 4.90 Å². The number of methoxy groups -OCH3 is 1. The van der Waals surface area contributed by atoms with E-state index >= 15 is 0 Å². The highest BCUT2D eigenvalue weighted by Crippen LogP contribution is 2.39. The van der Waals surface area contributed by atoms with E-state index in [0.29, 0.717) is 27.3 Å². The number of aryl methyl sites for hydroxylation is 1. The Balaban J connectivity index is 1.50. The van der Waals surface area contributed by atoms with E-state index in [1.165, 1.54) is 17.3 Å². The molecule has 0 unspecified atom stereocenters. The molecule has 1 aliphatic rings. The van der Waals surface area contributed by atoms with Gasteiger partial charge in [0.25, 0.3) is 5.91 Å². The molecule has 0 aliphatic carbocycles. The van der Waals surface area contributed by atoms with Crippen molar-refractivity contribution in [1.29, 1.82) is 0 Å². The van der Waals surface area contributed by atoms with Crippen LogP contribution in [0.2, 0.25) is 0 Å². The lowest BCUT2D eigenvalue weighted by Gasteiger charge is -2.23. The van der Waals surface area contributed by atoms with Gasteiger partial charge in [0.1, 0.15) is 10.9 Å². The third-order valence-corrected chi connectivity index (χ3v) is 6.82. The molecule has 33 heavy (non-hydrogen) atoms. The fourth-order valence-corrected chi connectivity index (χ4v) is 5.00. The Morgan fingerprint density at radius 1 is 1.03 bits per heavy atom. The molecule has 0 N–H and O–H groups in total. The van der Waals surface area contributed by atoms with Crippen LogP contribution in [0.1, 0.15) is 35.2 Å². The summed E-state index contributed by atoms with van der Waals surface area (Å²) in [5.74, 6) is 1.18. The van der Waals surface area contributed by atoms with E-state index in [9.17, 15) is 4.79 Å². The first kappa shape index (κ1) is 23.1. The summed E-state index contributed by atoms with van der Waals surface area (Å²) >= 11 is 6.85. The van der Waals surface area contributed by atoms with Crippen molar-refractivity contribution >= 4 is 40.3 Å². The molecule has 1 atom stereocenters. The van der Waals surface area contributed by atoms with Gasteiger partial charge in [-0.1, -0.05) is 90.2 Å². The maximum atomic E-state index is 13.1. The Kier molecular flexibility index (Phi) is 7.16. The van der Waals surface area contributed by atoms with Gasteiger partial charge in [-0.15, -0.1) is 0 Å². The molecule has 0 bridgehead atoms. The van der Waals surface area contributed by atoms with Crippen molar-refractivity contribution in [3.63, 3.8) is 0 Å². The Hall–Kier alpha value is -3.09. The molecule has 3 aromatic rings. The standard InChI is InChI=1S/C27H25NO3S2/c1-18-9-11-20(12-10-18)17-31-23-14-13-21(15-24(23)30-3)16-25-26(29)28(27(32)33-25)19(2)22-7-5-4-6-8-22/h4-16,19H,17H2,1-3H3/b25-16-/t19-/m0/s1. The third-order valence-electron chi connectivity index (χ3n) is 5.49. The summed E-state index contributed by atoms with van der Waals surface area (Å²) in [6, 6.07) is 23.7. The van der Waals surface area contributed by atoms with Crippen molar-refractivity contribution in [3.05, 3.63) is 100.0 Å². The Morgan fingerprint density at radius 3 is 2.45 bits per heavy atom. The minimum atomic E-state index is -0.128. The van der Waals surface area contributed by atoms with Crippen LogP contribution in [0.5, 0.6) is 11.5 Å². The molecule has 0 aromatic heterocycles. The quantitative estimate of drug-likeness (QED) is 0.286. The second-order valence-corrected chi connectivity index (χ2v) is 9.50. The number of carbonyl (C=O) groups excluding carboxylic acids is 1. The number of carbonyl (C=O) groups is 1. The van der Waals surface area contributed by atoms with Gasteiger partial charge in [0.05, 0.1) is 18.1 Å². The van der Waals surface area contributed by atoms with Gasteiger partial charge < -0.3 is 9.47 Å². The molecule has 168 valence electrons. The Labute approximate surface area is 204 Å². The van der Waals surface area contributed by atoms with Crippen LogP contribution in [0.25, 0.3) is 6.08 Å². The van der Waals surface area contributed by atoms with Crippen LogP contribution in [0.4, 0.5) is 0 Å². The summed E-state index contributed by atoms with van der Waals surface area (Å²) in [6.45, 7) is 4.50. The zero-order valence-electron chi connectivity index (χ0n) is 18.8. The maximum Gasteiger partial charge on any atom is 0.266 e. The molecule has 1 aliphatic heterocycles. The molecule has 1 amide bonds. The molecule has 6 heteroatoms. The number of thioether (sulfide) groups is 1. The zero-order chi connectivity index (χ0) is 23.4. The molecular weight excluding hydrogens is 450 g/mol. The number of hydrogen-bond acceptors (Lipinski definition) is 5. The van der Waals surface area contributed by atoms with Gasteiger partial charge in [-0.05, 0) is 48.7 Å². The van der Waals surface area contributed by atoms with Crippen LogP contribution in [-0.4, -0.2) is 22.2 Å². The average Bonchev–Trinajstić information content (AvgIpc) is 3.11. The van der Waals surface area contributed by atoms with Gasteiger partial charge in [-0.25, -0.2) is 0 Å². The van der Waals surface area contributed by atoms with Gasteiger partial charge in [0.2, 0.25) is 0 Å². The second-order valence-electron chi connectivity index (χ2n) is 7.82. The van der Waals surface area contributed by atoms with Gasteiger partial charge in [-0.2, -0.15) is 0 Å². The van der Waals surface area contributed by atoms with E-state index in [0.717, 1.165) is 16.7 Å². The molecular formula is C27H25NO3S2. The molecule has 0 radical (unpaired) electrons. The van der Waals surface area contributed by atoms with Crippen molar-refractivity contribution in [2.24, 2.45) is 0 Å². The fraction of sp³-hybridized carbons (Fsp3) is 0.185. The minimum Gasteiger partial charge on any atom is -0.493 e. The minimum absolute atomic E-state index is 0.0833. The predicted octanol–water partition coefficient (Wildman–Crippen LogP) is 6.55. The number of thiocarbonyl (C=S) groups is 1. The zero-order valence-corrected chi connectivity index (χ0v) is 20.4. The van der Waals surface area contributed by atoms with Crippen molar-refractivity contribution in [2.75, 3.05) is 7.11 Å². The van der Waals surface area contributed by atoms with Gasteiger partial charge in [-0.3, -0.25) is 9.69 Å². The molecule has 4 rings (SSSR count). The summed E-state index contributed by atoms with van der Waals surface area (Å²) in [5.41, 5.74) is 4.20. The summed E-state index contributed by atoms with van der Waals surface area (Å²) in [6.07, 6.45) is 1.85. The van der Waals surface area contributed by atoms with E-state index < -0.39 is 0 Å². The molecule has 1 saturated heterocycles. The van der Waals surface area contributed by atoms with E-state index in [-0.39, 0.29) is 11.9 Å². The Bertz CT molecular complexity index is 1190. The number of nitrogens with zero attached hydrogens (tertiary/aromatic N) is 1. The number of rotatable bonds is 7. The molecule has 0 saturated carbocycles. The lowest BCUT2D eigenvalue weighted by atomic mass is 10.1. The van der Waals surface area contributed by atoms with Crippen LogP contribution in [0.3, 0.4) is 0 Å². The predicted molar refractivity (Wildman–Crippen MR) is 138 cm³/mol. The lowest BCUT2D eigenvalue weighted by molar-refractivity contribution is -0.123. The largest absolute Gasteiger partial charge is 0.493 e. The van der Waals surface area contributed by atoms with E-state index in [1.807, 2.05) is 61.5 Å². The first-order valence-electron chi connectivity index (χ1n) is 10.6. The number of hydrogen-bond donors (Lipinski definition) is 0. The molecule has 1 fully saturated rings. The highest BCUT2D eigenvalue weighted by Gasteiger charge is 2.35. The van der Waals surface area contributed by atoms with Crippen LogP contribution in [-0.2, 0) is 11.4 Å². The van der Waals surface area contributed by atoms with Gasteiger partial charge in [0.15, 0.2) is 11.5 Å². The molecule has 0 spiro atoms. The van der Waals surface area contributed by atoms with Crippen LogP contribution >= 0.6 is 24.0 Å². The van der Waals surface area contributed by atoms with Crippen molar-refractivity contribution in [3.8, 4) is 11.5 Å². The summed E-state index contributed by atoms with van der Waals surface area (Å²) in [7, 11) is 1.61. The Morgan fingerprint density at radius 2 is 1.76 bits per heavy atom. The summed E-state index contributed by atoms with van der Waals surface area (Å²) < 4.78 is 12.1. The number of benzene rings is 3. The number of amides is 1. The summed E-state index contributed by atoms with van der Waals surface area (Å²) in [4.78, 5) is 15.4. The van der Waals surface area contributed by atoms with Crippen LogP contribution in [0, 0.1) is 6.92 Å². The van der Waals surface area contributed by atoms with E-state index in [1.54, 1.807) is 12.0 Å². The molecule has 4 nitrogen and oxygen atoms in total. The SMILES string of the molecule is COc1cc(/C=C2\SC(=S)N([C@@H](C)c3ccccc3)C2=O)ccc1OCc1ccc(C)cc1. The van der Waals surface area contributed by atoms with Gasteiger partial charge >= 0.3 is 0 Å². The van der Waals surface area contributed by atoms with E-state index in [4.69, 9.17) is 21.7 Å². The molecule has 3 aromatic carbocycles. The average molecular weight is 476 g/mol. The van der Waals surface area contributed by atoms with Crippen molar-refractivity contribution in [2.45, 2.75) is 26.5 Å². The third kappa shape index (κ3) is 5.29. The maximum absolute atomic E-state index is 13.1. The van der Waals surface area contributed by atoms with Crippen LogP contribution < -0.4 is 9.47 Å². The topological polar surface area (TPSA) is 38.8 Å². The van der Waals surface area contributed by atoms with Gasteiger partial charge in [0, 0.05) is 0 Å². The second kappa shape index (κ2) is 10.2. The van der Waals surface area contributed by atoms with Crippen LogP contribution in [0.15, 0.2) is 77.7 Å².